The molecule has 0 aliphatic rings. The molecule has 22 heavy (non-hydrogen) atoms. The normalized spacial score (nSPS) is 10.6. The summed E-state index contributed by atoms with van der Waals surface area (Å²) in [7, 11) is 0. The number of benzene rings is 1. The monoisotopic (exact) mass is 332 g/mol. The Hall–Kier alpha value is -2.17. The minimum absolute atomic E-state index is 0.0146. The van der Waals surface area contributed by atoms with Crippen LogP contribution in [0.3, 0.4) is 0 Å². The average Bonchev–Trinajstić information content (AvgIpc) is 2.53. The van der Waals surface area contributed by atoms with E-state index in [2.05, 4.69) is 9.97 Å². The van der Waals surface area contributed by atoms with Gasteiger partial charge in [-0.25, -0.2) is 14.8 Å². The summed E-state index contributed by atoms with van der Waals surface area (Å²) in [5.41, 5.74) is 1.64. The number of esters is 1. The maximum atomic E-state index is 12.0. The van der Waals surface area contributed by atoms with Crippen molar-refractivity contribution < 1.29 is 9.53 Å². The maximum absolute atomic E-state index is 12.0. The summed E-state index contributed by atoms with van der Waals surface area (Å²) in [6, 6.07) is 12.6. The smallest absolute Gasteiger partial charge is 0.341 e. The van der Waals surface area contributed by atoms with Gasteiger partial charge in [0, 0.05) is 17.1 Å². The van der Waals surface area contributed by atoms with Gasteiger partial charge < -0.3 is 4.74 Å². The Morgan fingerprint density at radius 2 is 1.91 bits per heavy atom. The van der Waals surface area contributed by atoms with Gasteiger partial charge in [-0.1, -0.05) is 41.4 Å². The number of hydrogen-bond acceptors (Lipinski definition) is 4. The number of hydrogen-bond donors (Lipinski definition) is 0. The van der Waals surface area contributed by atoms with Crippen molar-refractivity contribution in [1.82, 2.24) is 9.97 Å². The molecule has 2 aromatic heterocycles. The molecule has 4 nitrogen and oxygen atoms in total. The number of rotatable bonds is 3. The Morgan fingerprint density at radius 3 is 2.73 bits per heavy atom. The van der Waals surface area contributed by atoms with Crippen LogP contribution in [0.15, 0.2) is 48.7 Å². The van der Waals surface area contributed by atoms with Crippen LogP contribution in [0.25, 0.3) is 10.9 Å². The molecular formula is C16H10Cl2N2O2. The van der Waals surface area contributed by atoms with E-state index >= 15 is 0 Å². The van der Waals surface area contributed by atoms with Crippen molar-refractivity contribution in [3.63, 3.8) is 0 Å². The number of aromatic nitrogens is 2. The van der Waals surface area contributed by atoms with Crippen LogP contribution in [0.4, 0.5) is 0 Å². The number of carbonyl (C=O) groups is 1. The number of fused-ring (bicyclic) bond motifs is 1. The summed E-state index contributed by atoms with van der Waals surface area (Å²) in [6.45, 7) is 0.0146. The van der Waals surface area contributed by atoms with Crippen LogP contribution in [-0.2, 0) is 11.3 Å². The highest BCUT2D eigenvalue weighted by Crippen LogP contribution is 2.22. The number of para-hydroxylation sites is 1. The third-order valence-electron chi connectivity index (χ3n) is 3.09. The molecule has 6 heteroatoms. The Balaban J connectivity index is 1.80. The zero-order chi connectivity index (χ0) is 15.5. The van der Waals surface area contributed by atoms with Crippen LogP contribution in [0.5, 0.6) is 0 Å². The standard InChI is InChI=1S/C16H10Cl2N2O2/c17-14-11(8-10-4-1-2-6-13(10)20-14)9-22-16(21)12-5-3-7-19-15(12)18/h1-8H,9H2. The Labute approximate surface area is 136 Å². The lowest BCUT2D eigenvalue weighted by Crippen LogP contribution is -2.07. The third-order valence-corrected chi connectivity index (χ3v) is 3.72. The van der Waals surface area contributed by atoms with Crippen LogP contribution in [0.1, 0.15) is 15.9 Å². The quantitative estimate of drug-likeness (QED) is 0.530. The van der Waals surface area contributed by atoms with Crippen molar-refractivity contribution in [1.29, 1.82) is 0 Å². The van der Waals surface area contributed by atoms with Gasteiger partial charge in [0.25, 0.3) is 0 Å². The van der Waals surface area contributed by atoms with Crippen molar-refractivity contribution in [2.75, 3.05) is 0 Å². The van der Waals surface area contributed by atoms with Gasteiger partial charge in [-0.3, -0.25) is 0 Å². The second-order valence-corrected chi connectivity index (χ2v) is 5.26. The van der Waals surface area contributed by atoms with Gasteiger partial charge in [-0.05, 0) is 24.3 Å². The molecule has 0 spiro atoms. The second kappa shape index (κ2) is 6.30. The Bertz CT molecular complexity index is 852. The fourth-order valence-electron chi connectivity index (χ4n) is 2.00. The van der Waals surface area contributed by atoms with Gasteiger partial charge in [0.15, 0.2) is 0 Å². The van der Waals surface area contributed by atoms with Crippen LogP contribution >= 0.6 is 23.2 Å². The highest BCUT2D eigenvalue weighted by atomic mass is 35.5. The Morgan fingerprint density at radius 1 is 1.09 bits per heavy atom. The summed E-state index contributed by atoms with van der Waals surface area (Å²) in [5.74, 6) is -0.553. The highest BCUT2D eigenvalue weighted by Gasteiger charge is 2.13. The van der Waals surface area contributed by atoms with E-state index in [0.29, 0.717) is 10.7 Å². The molecule has 1 aromatic carbocycles. The fraction of sp³-hybridized carbons (Fsp3) is 0.0625. The first-order chi connectivity index (χ1) is 10.6. The van der Waals surface area contributed by atoms with E-state index in [1.807, 2.05) is 30.3 Å². The molecule has 0 N–H and O–H groups in total. The summed E-state index contributed by atoms with van der Waals surface area (Å²) in [4.78, 5) is 20.1. The molecule has 0 unspecified atom stereocenters. The van der Waals surface area contributed by atoms with Crippen molar-refractivity contribution >= 4 is 40.1 Å². The first-order valence-electron chi connectivity index (χ1n) is 6.47. The summed E-state index contributed by atoms with van der Waals surface area (Å²) in [6.07, 6.45) is 1.50. The lowest BCUT2D eigenvalue weighted by Gasteiger charge is -2.08. The van der Waals surface area contributed by atoms with E-state index < -0.39 is 5.97 Å². The van der Waals surface area contributed by atoms with Gasteiger partial charge in [-0.15, -0.1) is 0 Å². The molecule has 2 heterocycles. The molecule has 3 aromatic rings. The number of ether oxygens (including phenoxy) is 1. The molecule has 0 radical (unpaired) electrons. The Kier molecular flexibility index (Phi) is 4.22. The lowest BCUT2D eigenvalue weighted by atomic mass is 10.2. The second-order valence-electron chi connectivity index (χ2n) is 4.55. The fourth-order valence-corrected chi connectivity index (χ4v) is 2.39. The molecule has 0 atom stereocenters. The molecule has 110 valence electrons. The molecule has 0 fully saturated rings. The van der Waals surface area contributed by atoms with Gasteiger partial charge in [0.2, 0.25) is 0 Å². The van der Waals surface area contributed by atoms with Crippen molar-refractivity contribution in [2.45, 2.75) is 6.61 Å². The molecule has 0 aliphatic carbocycles. The zero-order valence-electron chi connectivity index (χ0n) is 11.3. The van der Waals surface area contributed by atoms with Crippen LogP contribution in [0.2, 0.25) is 10.3 Å². The van der Waals surface area contributed by atoms with Crippen molar-refractivity contribution in [2.24, 2.45) is 0 Å². The van der Waals surface area contributed by atoms with E-state index in [4.69, 9.17) is 27.9 Å². The number of carbonyl (C=O) groups excluding carboxylic acids is 1. The molecule has 0 bridgehead atoms. The summed E-state index contributed by atoms with van der Waals surface area (Å²) >= 11 is 12.0. The summed E-state index contributed by atoms with van der Waals surface area (Å²) in [5, 5.41) is 1.34. The third kappa shape index (κ3) is 3.03. The topological polar surface area (TPSA) is 52.1 Å². The minimum Gasteiger partial charge on any atom is -0.457 e. The number of halogens is 2. The number of pyridine rings is 2. The van der Waals surface area contributed by atoms with Gasteiger partial charge in [0.05, 0.1) is 11.1 Å². The van der Waals surface area contributed by atoms with Crippen molar-refractivity contribution in [3.05, 3.63) is 70.1 Å². The minimum atomic E-state index is -0.553. The molecule has 0 aliphatic heterocycles. The van der Waals surface area contributed by atoms with Gasteiger partial charge >= 0.3 is 5.97 Å². The predicted molar refractivity (Wildman–Crippen MR) is 85.1 cm³/mol. The molecular weight excluding hydrogens is 323 g/mol. The molecule has 0 saturated heterocycles. The molecule has 0 amide bonds. The van der Waals surface area contributed by atoms with E-state index in [-0.39, 0.29) is 17.3 Å². The van der Waals surface area contributed by atoms with E-state index in [9.17, 15) is 4.79 Å². The summed E-state index contributed by atoms with van der Waals surface area (Å²) < 4.78 is 5.24. The lowest BCUT2D eigenvalue weighted by molar-refractivity contribution is 0.0472. The average molecular weight is 333 g/mol. The highest BCUT2D eigenvalue weighted by molar-refractivity contribution is 6.32. The molecule has 3 rings (SSSR count). The van der Waals surface area contributed by atoms with E-state index in [1.54, 1.807) is 12.1 Å². The van der Waals surface area contributed by atoms with Crippen molar-refractivity contribution in [3.8, 4) is 0 Å². The van der Waals surface area contributed by atoms with Crippen LogP contribution in [-0.4, -0.2) is 15.9 Å². The van der Waals surface area contributed by atoms with Gasteiger partial charge in [0.1, 0.15) is 16.9 Å². The SMILES string of the molecule is O=C(OCc1cc2ccccc2nc1Cl)c1cccnc1Cl. The largest absolute Gasteiger partial charge is 0.457 e. The maximum Gasteiger partial charge on any atom is 0.341 e. The first kappa shape index (κ1) is 14.8. The molecule has 0 saturated carbocycles. The number of nitrogens with zero attached hydrogens (tertiary/aromatic N) is 2. The van der Waals surface area contributed by atoms with Crippen LogP contribution in [0, 0.1) is 0 Å². The predicted octanol–water partition coefficient (Wildman–Crippen LogP) is 4.29. The first-order valence-corrected chi connectivity index (χ1v) is 7.22. The van der Waals surface area contributed by atoms with E-state index in [1.165, 1.54) is 6.20 Å². The van der Waals surface area contributed by atoms with Crippen LogP contribution < -0.4 is 0 Å². The zero-order valence-corrected chi connectivity index (χ0v) is 12.8. The van der Waals surface area contributed by atoms with Gasteiger partial charge in [-0.2, -0.15) is 0 Å². The van der Waals surface area contributed by atoms with E-state index in [0.717, 1.165) is 10.9 Å².